The molecule has 17 heavy (non-hydrogen) atoms. The summed E-state index contributed by atoms with van der Waals surface area (Å²) in [7, 11) is 0. The van der Waals surface area contributed by atoms with Gasteiger partial charge in [-0.3, -0.25) is 0 Å². The van der Waals surface area contributed by atoms with Crippen LogP contribution in [0.15, 0.2) is 28.9 Å². The van der Waals surface area contributed by atoms with E-state index in [0.717, 1.165) is 11.3 Å². The van der Waals surface area contributed by atoms with Crippen LogP contribution >= 0.6 is 15.9 Å². The molecule has 88 valence electrons. The second-order valence-corrected chi connectivity index (χ2v) is 4.37. The van der Waals surface area contributed by atoms with E-state index in [1.54, 1.807) is 18.3 Å². The van der Waals surface area contributed by atoms with Crippen LogP contribution in [0.5, 0.6) is 0 Å². The average Bonchev–Trinajstić information content (AvgIpc) is 2.29. The van der Waals surface area contributed by atoms with Gasteiger partial charge in [-0.15, -0.1) is 0 Å². The van der Waals surface area contributed by atoms with Gasteiger partial charge in [0.05, 0.1) is 4.47 Å². The number of nitrogens with one attached hydrogen (secondary N) is 1. The van der Waals surface area contributed by atoms with Crippen molar-refractivity contribution in [3.05, 3.63) is 40.2 Å². The number of hydrogen-bond acceptors (Lipinski definition) is 4. The lowest BCUT2D eigenvalue weighted by atomic mass is 10.3. The summed E-state index contributed by atoms with van der Waals surface area (Å²) < 4.78 is 13.5. The van der Waals surface area contributed by atoms with Crippen molar-refractivity contribution in [3.8, 4) is 0 Å². The molecule has 1 aromatic carbocycles. The van der Waals surface area contributed by atoms with Crippen LogP contribution in [0, 0.1) is 12.7 Å². The number of rotatable bonds is 2. The van der Waals surface area contributed by atoms with Gasteiger partial charge in [0.2, 0.25) is 5.95 Å². The van der Waals surface area contributed by atoms with Gasteiger partial charge < -0.3 is 11.1 Å². The number of nitrogen functional groups attached to an aromatic ring is 1. The molecule has 0 atom stereocenters. The Labute approximate surface area is 106 Å². The molecular weight excluding hydrogens is 287 g/mol. The summed E-state index contributed by atoms with van der Waals surface area (Å²) in [4.78, 5) is 7.94. The summed E-state index contributed by atoms with van der Waals surface area (Å²) in [5.41, 5.74) is 7.09. The molecule has 0 fully saturated rings. The molecule has 2 rings (SSSR count). The van der Waals surface area contributed by atoms with Crippen molar-refractivity contribution in [2.75, 3.05) is 11.1 Å². The third kappa shape index (κ3) is 2.71. The molecule has 6 heteroatoms. The van der Waals surface area contributed by atoms with Gasteiger partial charge in [-0.1, -0.05) is 0 Å². The van der Waals surface area contributed by atoms with Crippen molar-refractivity contribution in [2.45, 2.75) is 6.92 Å². The van der Waals surface area contributed by atoms with Crippen LogP contribution in [0.25, 0.3) is 0 Å². The normalized spacial score (nSPS) is 10.3. The highest BCUT2D eigenvalue weighted by molar-refractivity contribution is 9.10. The number of aromatic nitrogens is 2. The molecule has 2 aromatic rings. The molecule has 0 aliphatic heterocycles. The Hall–Kier alpha value is -1.69. The SMILES string of the molecule is Cc1cnc(N)nc1Nc1ccc(F)c(Br)c1. The Balaban J connectivity index is 2.31. The van der Waals surface area contributed by atoms with Crippen molar-refractivity contribution in [2.24, 2.45) is 0 Å². The third-order valence-corrected chi connectivity index (χ3v) is 2.78. The van der Waals surface area contributed by atoms with Gasteiger partial charge in [-0.25, -0.2) is 9.37 Å². The summed E-state index contributed by atoms with van der Waals surface area (Å²) in [6, 6.07) is 4.62. The van der Waals surface area contributed by atoms with Crippen LogP contribution in [-0.4, -0.2) is 9.97 Å². The fourth-order valence-corrected chi connectivity index (χ4v) is 1.67. The van der Waals surface area contributed by atoms with Gasteiger partial charge in [-0.2, -0.15) is 4.98 Å². The molecule has 0 bridgehead atoms. The minimum Gasteiger partial charge on any atom is -0.368 e. The quantitative estimate of drug-likeness (QED) is 0.894. The first-order chi connectivity index (χ1) is 8.06. The lowest BCUT2D eigenvalue weighted by Gasteiger charge is -2.09. The van der Waals surface area contributed by atoms with Crippen LogP contribution in [0.1, 0.15) is 5.56 Å². The number of aryl methyl sites for hydroxylation is 1. The Morgan fingerprint density at radius 3 is 2.88 bits per heavy atom. The maximum atomic E-state index is 13.1. The summed E-state index contributed by atoms with van der Waals surface area (Å²) in [6.45, 7) is 1.86. The molecular formula is C11H10BrFN4. The van der Waals surface area contributed by atoms with Crippen molar-refractivity contribution in [1.29, 1.82) is 0 Å². The summed E-state index contributed by atoms with van der Waals surface area (Å²) in [5.74, 6) is 0.491. The van der Waals surface area contributed by atoms with E-state index < -0.39 is 0 Å². The second-order valence-electron chi connectivity index (χ2n) is 3.51. The van der Waals surface area contributed by atoms with Gasteiger partial charge in [0.15, 0.2) is 0 Å². The van der Waals surface area contributed by atoms with Crippen molar-refractivity contribution >= 4 is 33.4 Å². The van der Waals surface area contributed by atoms with E-state index in [4.69, 9.17) is 5.73 Å². The van der Waals surface area contributed by atoms with Crippen LogP contribution in [0.3, 0.4) is 0 Å². The van der Waals surface area contributed by atoms with Crippen molar-refractivity contribution < 1.29 is 4.39 Å². The van der Waals surface area contributed by atoms with Crippen LogP contribution in [0.2, 0.25) is 0 Å². The number of anilines is 3. The maximum Gasteiger partial charge on any atom is 0.221 e. The highest BCUT2D eigenvalue weighted by atomic mass is 79.9. The summed E-state index contributed by atoms with van der Waals surface area (Å²) >= 11 is 3.12. The third-order valence-electron chi connectivity index (χ3n) is 2.17. The van der Waals surface area contributed by atoms with E-state index in [9.17, 15) is 4.39 Å². The molecule has 0 radical (unpaired) electrons. The zero-order valence-electron chi connectivity index (χ0n) is 9.04. The van der Waals surface area contributed by atoms with Gasteiger partial charge in [0.25, 0.3) is 0 Å². The topological polar surface area (TPSA) is 63.8 Å². The Morgan fingerprint density at radius 1 is 1.41 bits per heavy atom. The van der Waals surface area contributed by atoms with Crippen molar-refractivity contribution in [3.63, 3.8) is 0 Å². The van der Waals surface area contributed by atoms with Crippen LogP contribution in [-0.2, 0) is 0 Å². The average molecular weight is 297 g/mol. The minimum atomic E-state index is -0.311. The summed E-state index contributed by atoms with van der Waals surface area (Å²) in [5, 5.41) is 3.05. The van der Waals surface area contributed by atoms with E-state index in [1.807, 2.05) is 6.92 Å². The number of benzene rings is 1. The van der Waals surface area contributed by atoms with Crippen LogP contribution in [0.4, 0.5) is 21.8 Å². The second kappa shape index (κ2) is 4.67. The number of halogens is 2. The van der Waals surface area contributed by atoms with Gasteiger partial charge in [0.1, 0.15) is 11.6 Å². The zero-order chi connectivity index (χ0) is 12.4. The molecule has 0 saturated carbocycles. The summed E-state index contributed by atoms with van der Waals surface area (Å²) in [6.07, 6.45) is 1.63. The Bertz CT molecular complexity index is 559. The maximum absolute atomic E-state index is 13.1. The Kier molecular flexibility index (Phi) is 3.23. The van der Waals surface area contributed by atoms with Gasteiger partial charge in [-0.05, 0) is 41.1 Å². The molecule has 0 unspecified atom stereocenters. The first kappa shape index (κ1) is 11.8. The van der Waals surface area contributed by atoms with E-state index >= 15 is 0 Å². The van der Waals surface area contributed by atoms with E-state index in [2.05, 4.69) is 31.2 Å². The van der Waals surface area contributed by atoms with E-state index in [0.29, 0.717) is 10.3 Å². The fraction of sp³-hybridized carbons (Fsp3) is 0.0909. The smallest absolute Gasteiger partial charge is 0.221 e. The zero-order valence-corrected chi connectivity index (χ0v) is 10.6. The molecule has 1 aromatic heterocycles. The standard InChI is InChI=1S/C11H10BrFN4/c1-6-5-15-11(14)17-10(6)16-7-2-3-9(13)8(12)4-7/h2-5H,1H3,(H3,14,15,16,17). The van der Waals surface area contributed by atoms with Crippen molar-refractivity contribution in [1.82, 2.24) is 9.97 Å². The van der Waals surface area contributed by atoms with Crippen LogP contribution < -0.4 is 11.1 Å². The molecule has 4 nitrogen and oxygen atoms in total. The minimum absolute atomic E-state index is 0.194. The van der Waals surface area contributed by atoms with Gasteiger partial charge in [0, 0.05) is 17.4 Å². The molecule has 0 amide bonds. The van der Waals surface area contributed by atoms with E-state index in [-0.39, 0.29) is 11.8 Å². The molecule has 0 saturated heterocycles. The Morgan fingerprint density at radius 2 is 2.18 bits per heavy atom. The predicted molar refractivity (Wildman–Crippen MR) is 68.6 cm³/mol. The van der Waals surface area contributed by atoms with Gasteiger partial charge >= 0.3 is 0 Å². The van der Waals surface area contributed by atoms with E-state index in [1.165, 1.54) is 6.07 Å². The number of hydrogen-bond donors (Lipinski definition) is 2. The highest BCUT2D eigenvalue weighted by Gasteiger charge is 2.04. The lowest BCUT2D eigenvalue weighted by Crippen LogP contribution is -2.02. The monoisotopic (exact) mass is 296 g/mol. The first-order valence-corrected chi connectivity index (χ1v) is 5.67. The molecule has 0 spiro atoms. The lowest BCUT2D eigenvalue weighted by molar-refractivity contribution is 0.621. The largest absolute Gasteiger partial charge is 0.368 e. The predicted octanol–water partition coefficient (Wildman–Crippen LogP) is 3.01. The molecule has 0 aliphatic carbocycles. The molecule has 1 heterocycles. The molecule has 3 N–H and O–H groups in total. The fourth-order valence-electron chi connectivity index (χ4n) is 1.29. The first-order valence-electron chi connectivity index (χ1n) is 4.87. The molecule has 0 aliphatic rings. The number of nitrogens with two attached hydrogens (primary N) is 1. The highest BCUT2D eigenvalue weighted by Crippen LogP contribution is 2.23. The number of nitrogens with zero attached hydrogens (tertiary/aromatic N) is 2.